The predicted octanol–water partition coefficient (Wildman–Crippen LogP) is 3.83. The SMILES string of the molecule is CNc1ccc(OCc2csc(-c3ccccn3)n2)cc1. The van der Waals surface area contributed by atoms with Crippen molar-refractivity contribution in [2.45, 2.75) is 6.61 Å². The Kier molecular flexibility index (Phi) is 4.12. The summed E-state index contributed by atoms with van der Waals surface area (Å²) in [4.78, 5) is 8.85. The number of thiazole rings is 1. The van der Waals surface area contributed by atoms with E-state index in [2.05, 4.69) is 15.3 Å². The van der Waals surface area contributed by atoms with Crippen molar-refractivity contribution in [1.82, 2.24) is 9.97 Å². The number of nitrogens with zero attached hydrogens (tertiary/aromatic N) is 2. The molecule has 0 atom stereocenters. The average molecular weight is 297 g/mol. The van der Waals surface area contributed by atoms with Gasteiger partial charge in [-0.25, -0.2) is 4.98 Å². The van der Waals surface area contributed by atoms with Crippen LogP contribution in [0.1, 0.15) is 5.69 Å². The van der Waals surface area contributed by atoms with E-state index >= 15 is 0 Å². The second-order valence-electron chi connectivity index (χ2n) is 4.42. The topological polar surface area (TPSA) is 47.0 Å². The van der Waals surface area contributed by atoms with Gasteiger partial charge >= 0.3 is 0 Å². The van der Waals surface area contributed by atoms with Gasteiger partial charge in [0.1, 0.15) is 17.4 Å². The summed E-state index contributed by atoms with van der Waals surface area (Å²) >= 11 is 1.58. The fourth-order valence-electron chi connectivity index (χ4n) is 1.86. The van der Waals surface area contributed by atoms with Crippen molar-refractivity contribution >= 4 is 17.0 Å². The molecule has 0 saturated carbocycles. The van der Waals surface area contributed by atoms with Crippen molar-refractivity contribution in [2.24, 2.45) is 0 Å². The highest BCUT2D eigenvalue weighted by Gasteiger charge is 2.06. The number of nitrogens with one attached hydrogen (secondary N) is 1. The Morgan fingerprint density at radius 3 is 2.71 bits per heavy atom. The van der Waals surface area contributed by atoms with E-state index in [1.54, 1.807) is 17.5 Å². The molecule has 106 valence electrons. The summed E-state index contributed by atoms with van der Waals surface area (Å²) in [5.74, 6) is 0.835. The fraction of sp³-hybridized carbons (Fsp3) is 0.125. The number of ether oxygens (including phenoxy) is 1. The number of rotatable bonds is 5. The first-order valence-electron chi connectivity index (χ1n) is 6.61. The van der Waals surface area contributed by atoms with Crippen LogP contribution in [-0.2, 0) is 6.61 Å². The van der Waals surface area contributed by atoms with Crippen LogP contribution in [0.5, 0.6) is 5.75 Å². The lowest BCUT2D eigenvalue weighted by molar-refractivity contribution is 0.302. The minimum absolute atomic E-state index is 0.461. The van der Waals surface area contributed by atoms with Crippen LogP contribution >= 0.6 is 11.3 Å². The molecule has 2 aromatic heterocycles. The Morgan fingerprint density at radius 1 is 1.14 bits per heavy atom. The predicted molar refractivity (Wildman–Crippen MR) is 85.7 cm³/mol. The highest BCUT2D eigenvalue weighted by molar-refractivity contribution is 7.13. The van der Waals surface area contributed by atoms with Crippen LogP contribution in [0, 0.1) is 0 Å². The molecule has 0 bridgehead atoms. The van der Waals surface area contributed by atoms with Gasteiger partial charge in [-0.2, -0.15) is 0 Å². The first-order valence-corrected chi connectivity index (χ1v) is 7.49. The third-order valence-corrected chi connectivity index (χ3v) is 3.88. The van der Waals surface area contributed by atoms with Crippen molar-refractivity contribution in [3.8, 4) is 16.5 Å². The van der Waals surface area contributed by atoms with Crippen LogP contribution in [-0.4, -0.2) is 17.0 Å². The first kappa shape index (κ1) is 13.6. The molecule has 0 amide bonds. The van der Waals surface area contributed by atoms with Crippen molar-refractivity contribution < 1.29 is 4.74 Å². The van der Waals surface area contributed by atoms with E-state index in [0.29, 0.717) is 6.61 Å². The van der Waals surface area contributed by atoms with Crippen molar-refractivity contribution in [2.75, 3.05) is 12.4 Å². The summed E-state index contributed by atoms with van der Waals surface area (Å²) < 4.78 is 5.74. The second-order valence-corrected chi connectivity index (χ2v) is 5.28. The second kappa shape index (κ2) is 6.37. The molecule has 0 aliphatic heterocycles. The van der Waals surface area contributed by atoms with Crippen LogP contribution in [0.2, 0.25) is 0 Å². The van der Waals surface area contributed by atoms with Crippen LogP contribution in [0.3, 0.4) is 0 Å². The van der Waals surface area contributed by atoms with Crippen molar-refractivity contribution in [3.05, 3.63) is 59.7 Å². The van der Waals surface area contributed by atoms with Gasteiger partial charge in [-0.1, -0.05) is 6.07 Å². The molecular formula is C16H15N3OS. The molecule has 21 heavy (non-hydrogen) atoms. The summed E-state index contributed by atoms with van der Waals surface area (Å²) in [6.07, 6.45) is 1.77. The van der Waals surface area contributed by atoms with E-state index in [1.807, 2.05) is 54.9 Å². The molecule has 0 fully saturated rings. The van der Waals surface area contributed by atoms with Crippen molar-refractivity contribution in [3.63, 3.8) is 0 Å². The first-order chi connectivity index (χ1) is 10.3. The molecule has 3 aromatic rings. The zero-order chi connectivity index (χ0) is 14.5. The molecule has 0 aliphatic rings. The van der Waals surface area contributed by atoms with E-state index in [0.717, 1.165) is 27.8 Å². The standard InChI is InChI=1S/C16H15N3OS/c1-17-12-5-7-14(8-6-12)20-10-13-11-21-16(19-13)15-4-2-3-9-18-15/h2-9,11,17H,10H2,1H3. The molecule has 0 aliphatic carbocycles. The van der Waals surface area contributed by atoms with E-state index in [9.17, 15) is 0 Å². The van der Waals surface area contributed by atoms with Gasteiger partial charge in [0.05, 0.1) is 11.4 Å². The molecule has 0 saturated heterocycles. The minimum Gasteiger partial charge on any atom is -0.487 e. The lowest BCUT2D eigenvalue weighted by atomic mass is 10.3. The molecule has 0 radical (unpaired) electrons. The van der Waals surface area contributed by atoms with Gasteiger partial charge in [-0.05, 0) is 36.4 Å². The molecule has 4 nitrogen and oxygen atoms in total. The molecule has 0 spiro atoms. The van der Waals surface area contributed by atoms with Crippen LogP contribution in [0.25, 0.3) is 10.7 Å². The van der Waals surface area contributed by atoms with Crippen LogP contribution < -0.4 is 10.1 Å². The van der Waals surface area contributed by atoms with Gasteiger partial charge in [0.25, 0.3) is 0 Å². The highest BCUT2D eigenvalue weighted by atomic mass is 32.1. The summed E-state index contributed by atoms with van der Waals surface area (Å²) in [7, 11) is 1.89. The fourth-order valence-corrected chi connectivity index (χ4v) is 2.64. The Morgan fingerprint density at radius 2 is 2.00 bits per heavy atom. The lowest BCUT2D eigenvalue weighted by Crippen LogP contribution is -1.96. The maximum absolute atomic E-state index is 5.74. The maximum Gasteiger partial charge on any atom is 0.142 e. The number of pyridine rings is 1. The summed E-state index contributed by atoms with van der Waals surface area (Å²) in [5.41, 5.74) is 2.87. The van der Waals surface area contributed by atoms with E-state index in [1.165, 1.54) is 0 Å². The normalized spacial score (nSPS) is 10.3. The zero-order valence-electron chi connectivity index (χ0n) is 11.6. The Balaban J connectivity index is 1.64. The Hall–Kier alpha value is -2.40. The van der Waals surface area contributed by atoms with E-state index < -0.39 is 0 Å². The summed E-state index contributed by atoms with van der Waals surface area (Å²) in [6, 6.07) is 13.7. The van der Waals surface area contributed by atoms with Crippen LogP contribution in [0.4, 0.5) is 5.69 Å². The van der Waals surface area contributed by atoms with Crippen molar-refractivity contribution in [1.29, 1.82) is 0 Å². The Labute approximate surface area is 127 Å². The Bertz CT molecular complexity index is 695. The lowest BCUT2D eigenvalue weighted by Gasteiger charge is -2.05. The molecule has 2 heterocycles. The molecule has 1 N–H and O–H groups in total. The van der Waals surface area contributed by atoms with Gasteiger partial charge < -0.3 is 10.1 Å². The molecule has 1 aromatic carbocycles. The third kappa shape index (κ3) is 3.38. The van der Waals surface area contributed by atoms with Gasteiger partial charge in [-0.15, -0.1) is 11.3 Å². The monoisotopic (exact) mass is 297 g/mol. The summed E-state index contributed by atoms with van der Waals surface area (Å²) in [6.45, 7) is 0.461. The number of hydrogen-bond donors (Lipinski definition) is 1. The van der Waals surface area contributed by atoms with E-state index in [-0.39, 0.29) is 0 Å². The van der Waals surface area contributed by atoms with E-state index in [4.69, 9.17) is 4.74 Å². The van der Waals surface area contributed by atoms with Gasteiger partial charge in [-0.3, -0.25) is 4.98 Å². The average Bonchev–Trinajstić information content (AvgIpc) is 3.03. The molecule has 5 heteroatoms. The summed E-state index contributed by atoms with van der Waals surface area (Å²) in [5, 5.41) is 6.00. The zero-order valence-corrected chi connectivity index (χ0v) is 12.4. The van der Waals surface area contributed by atoms with Gasteiger partial charge in [0, 0.05) is 24.3 Å². The molecular weight excluding hydrogens is 282 g/mol. The number of anilines is 1. The smallest absolute Gasteiger partial charge is 0.142 e. The third-order valence-electron chi connectivity index (χ3n) is 2.97. The maximum atomic E-state index is 5.74. The van der Waals surface area contributed by atoms with Gasteiger partial charge in [0.15, 0.2) is 0 Å². The number of benzene rings is 1. The number of hydrogen-bond acceptors (Lipinski definition) is 5. The quantitative estimate of drug-likeness (QED) is 0.777. The largest absolute Gasteiger partial charge is 0.487 e. The highest BCUT2D eigenvalue weighted by Crippen LogP contribution is 2.22. The molecule has 0 unspecified atom stereocenters. The van der Waals surface area contributed by atoms with Gasteiger partial charge in [0.2, 0.25) is 0 Å². The molecule has 3 rings (SSSR count). The number of aromatic nitrogens is 2. The van der Waals surface area contributed by atoms with Crippen LogP contribution in [0.15, 0.2) is 54.0 Å². The minimum atomic E-state index is 0.461.